The molecule has 0 aromatic carbocycles. The molecule has 0 bridgehead atoms. The molecule has 0 aromatic rings. The number of carbonyl (C=O) groups excluding carboxylic acids is 1. The summed E-state index contributed by atoms with van der Waals surface area (Å²) in [5.41, 5.74) is 0.518. The van der Waals surface area contributed by atoms with E-state index >= 15 is 0 Å². The van der Waals surface area contributed by atoms with Crippen LogP contribution in [-0.4, -0.2) is 35.0 Å². The molecular weight excluding hydrogens is 208 g/mol. The van der Waals surface area contributed by atoms with Crippen LogP contribution in [0.15, 0.2) is 11.6 Å². The molecule has 0 saturated carbocycles. The Morgan fingerprint density at radius 1 is 1.44 bits per heavy atom. The zero-order valence-electron chi connectivity index (χ0n) is 10.3. The molecule has 0 aromatic heterocycles. The first kappa shape index (κ1) is 15.1. The summed E-state index contributed by atoms with van der Waals surface area (Å²) in [7, 11) is 0. The molecule has 94 valence electrons. The first-order chi connectivity index (χ1) is 7.47. The number of allylic oxidation sites excluding steroid dienone is 1. The largest absolute Gasteiger partial charge is 0.460 e. The molecule has 4 heteroatoms. The van der Waals surface area contributed by atoms with Gasteiger partial charge in [0.25, 0.3) is 0 Å². The smallest absolute Gasteiger partial charge is 0.333 e. The van der Waals surface area contributed by atoms with E-state index in [0.717, 1.165) is 0 Å². The van der Waals surface area contributed by atoms with Gasteiger partial charge < -0.3 is 14.9 Å². The van der Waals surface area contributed by atoms with Gasteiger partial charge in [-0.05, 0) is 33.1 Å². The van der Waals surface area contributed by atoms with Crippen molar-refractivity contribution in [3.05, 3.63) is 11.6 Å². The maximum Gasteiger partial charge on any atom is 0.333 e. The van der Waals surface area contributed by atoms with E-state index in [2.05, 4.69) is 0 Å². The monoisotopic (exact) mass is 230 g/mol. The van der Waals surface area contributed by atoms with E-state index in [1.807, 2.05) is 6.92 Å². The molecule has 0 rings (SSSR count). The molecule has 4 nitrogen and oxygen atoms in total. The summed E-state index contributed by atoms with van der Waals surface area (Å²) in [6, 6.07) is 0. The van der Waals surface area contributed by atoms with Crippen LogP contribution in [-0.2, 0) is 9.53 Å². The van der Waals surface area contributed by atoms with Crippen LogP contribution >= 0.6 is 0 Å². The van der Waals surface area contributed by atoms with Crippen LogP contribution in [0, 0.1) is 0 Å². The number of ether oxygens (including phenoxy) is 1. The van der Waals surface area contributed by atoms with Gasteiger partial charge in [-0.1, -0.05) is 13.0 Å². The summed E-state index contributed by atoms with van der Waals surface area (Å²) in [4.78, 5) is 11.4. The molecule has 0 amide bonds. The predicted molar refractivity (Wildman–Crippen MR) is 61.9 cm³/mol. The van der Waals surface area contributed by atoms with Gasteiger partial charge >= 0.3 is 5.97 Å². The van der Waals surface area contributed by atoms with Gasteiger partial charge in [-0.15, -0.1) is 0 Å². The fourth-order valence-electron chi connectivity index (χ4n) is 1.03. The number of esters is 1. The summed E-state index contributed by atoms with van der Waals surface area (Å²) in [6.07, 6.45) is 2.64. The van der Waals surface area contributed by atoms with Crippen LogP contribution in [0.3, 0.4) is 0 Å². The lowest BCUT2D eigenvalue weighted by Gasteiger charge is -2.09. The van der Waals surface area contributed by atoms with E-state index in [0.29, 0.717) is 24.8 Å². The van der Waals surface area contributed by atoms with Crippen LogP contribution in [0.2, 0.25) is 0 Å². The Bertz CT molecular complexity index is 233. The Balaban J connectivity index is 3.88. The number of hydrogen-bond donors (Lipinski definition) is 2. The minimum atomic E-state index is -0.589. The van der Waals surface area contributed by atoms with E-state index in [1.165, 1.54) is 0 Å². The quantitative estimate of drug-likeness (QED) is 0.512. The maximum absolute atomic E-state index is 11.4. The summed E-state index contributed by atoms with van der Waals surface area (Å²) in [5.74, 6) is -0.405. The van der Waals surface area contributed by atoms with Gasteiger partial charge in [0.1, 0.15) is 6.61 Å². The lowest BCUT2D eigenvalue weighted by atomic mass is 10.1. The highest BCUT2D eigenvalue weighted by Crippen LogP contribution is 2.04. The number of aliphatic hydroxyl groups excluding tert-OH is 2. The minimum absolute atomic E-state index is 0.0386. The van der Waals surface area contributed by atoms with Crippen LogP contribution in [0.1, 0.15) is 40.0 Å². The van der Waals surface area contributed by atoms with Crippen LogP contribution < -0.4 is 0 Å². The van der Waals surface area contributed by atoms with Crippen molar-refractivity contribution in [2.45, 2.75) is 52.2 Å². The lowest BCUT2D eigenvalue weighted by Crippen LogP contribution is -2.18. The third-order valence-electron chi connectivity index (χ3n) is 2.24. The second-order valence-electron chi connectivity index (χ2n) is 3.97. The van der Waals surface area contributed by atoms with E-state index < -0.39 is 12.1 Å². The standard InChI is InChI=1S/C12H22O4/c1-4-11(14)8-16-12(15)9(2)6-5-7-10(3)13/h6,10-11,13-14H,4-5,7-8H2,1-3H3. The van der Waals surface area contributed by atoms with Crippen molar-refractivity contribution < 1.29 is 19.7 Å². The number of aliphatic hydroxyl groups is 2. The maximum atomic E-state index is 11.4. The molecular formula is C12H22O4. The molecule has 16 heavy (non-hydrogen) atoms. The van der Waals surface area contributed by atoms with Gasteiger partial charge in [-0.25, -0.2) is 4.79 Å². The van der Waals surface area contributed by atoms with Gasteiger partial charge in [-0.3, -0.25) is 0 Å². The summed E-state index contributed by atoms with van der Waals surface area (Å²) < 4.78 is 4.89. The molecule has 0 fully saturated rings. The van der Waals surface area contributed by atoms with E-state index in [1.54, 1.807) is 19.9 Å². The van der Waals surface area contributed by atoms with Crippen molar-refractivity contribution in [3.63, 3.8) is 0 Å². The highest BCUT2D eigenvalue weighted by Gasteiger charge is 2.08. The molecule has 0 aliphatic rings. The molecule has 0 aliphatic heterocycles. The fraction of sp³-hybridized carbons (Fsp3) is 0.750. The topological polar surface area (TPSA) is 66.8 Å². The highest BCUT2D eigenvalue weighted by molar-refractivity contribution is 5.87. The number of carbonyl (C=O) groups is 1. The van der Waals surface area contributed by atoms with Gasteiger partial charge in [0, 0.05) is 5.57 Å². The van der Waals surface area contributed by atoms with Crippen molar-refractivity contribution in [2.75, 3.05) is 6.61 Å². The fourth-order valence-corrected chi connectivity index (χ4v) is 1.03. The summed E-state index contributed by atoms with van der Waals surface area (Å²) in [5, 5.41) is 18.2. The molecule has 0 radical (unpaired) electrons. The minimum Gasteiger partial charge on any atom is -0.460 e. The SMILES string of the molecule is CCC(O)COC(=O)C(C)=CCCC(C)O. The predicted octanol–water partition coefficient (Wildman–Crippen LogP) is 1.41. The molecule has 2 atom stereocenters. The Labute approximate surface area is 96.9 Å². The Hall–Kier alpha value is -0.870. The zero-order chi connectivity index (χ0) is 12.6. The first-order valence-electron chi connectivity index (χ1n) is 5.67. The normalized spacial score (nSPS) is 15.7. The Morgan fingerprint density at radius 3 is 2.56 bits per heavy atom. The molecule has 2 unspecified atom stereocenters. The first-order valence-corrected chi connectivity index (χ1v) is 5.67. The van der Waals surface area contributed by atoms with Crippen LogP contribution in [0.4, 0.5) is 0 Å². The van der Waals surface area contributed by atoms with E-state index in [-0.39, 0.29) is 12.7 Å². The summed E-state index contributed by atoms with van der Waals surface area (Å²) in [6.45, 7) is 5.24. The molecule has 0 spiro atoms. The van der Waals surface area contributed by atoms with Crippen molar-refractivity contribution in [1.29, 1.82) is 0 Å². The van der Waals surface area contributed by atoms with Gasteiger partial charge in [0.05, 0.1) is 12.2 Å². The average Bonchev–Trinajstić information content (AvgIpc) is 2.24. The van der Waals surface area contributed by atoms with Crippen molar-refractivity contribution in [2.24, 2.45) is 0 Å². The molecule has 0 aliphatic carbocycles. The van der Waals surface area contributed by atoms with Crippen molar-refractivity contribution in [1.82, 2.24) is 0 Å². The van der Waals surface area contributed by atoms with Crippen LogP contribution in [0.25, 0.3) is 0 Å². The average molecular weight is 230 g/mol. The highest BCUT2D eigenvalue weighted by atomic mass is 16.5. The summed E-state index contributed by atoms with van der Waals surface area (Å²) >= 11 is 0. The second-order valence-corrected chi connectivity index (χ2v) is 3.97. The van der Waals surface area contributed by atoms with Gasteiger partial charge in [-0.2, -0.15) is 0 Å². The lowest BCUT2D eigenvalue weighted by molar-refractivity contribution is -0.141. The van der Waals surface area contributed by atoms with Crippen LogP contribution in [0.5, 0.6) is 0 Å². The zero-order valence-corrected chi connectivity index (χ0v) is 10.3. The Kier molecular flexibility index (Phi) is 7.85. The molecule has 2 N–H and O–H groups in total. The van der Waals surface area contributed by atoms with Crippen molar-refractivity contribution in [3.8, 4) is 0 Å². The van der Waals surface area contributed by atoms with Gasteiger partial charge in [0.15, 0.2) is 0 Å². The van der Waals surface area contributed by atoms with E-state index in [4.69, 9.17) is 9.84 Å². The molecule has 0 saturated heterocycles. The third kappa shape index (κ3) is 7.43. The van der Waals surface area contributed by atoms with E-state index in [9.17, 15) is 9.90 Å². The third-order valence-corrected chi connectivity index (χ3v) is 2.24. The number of hydrogen-bond acceptors (Lipinski definition) is 4. The number of rotatable bonds is 7. The Morgan fingerprint density at radius 2 is 2.06 bits per heavy atom. The van der Waals surface area contributed by atoms with Crippen molar-refractivity contribution >= 4 is 5.97 Å². The molecule has 0 heterocycles. The second kappa shape index (κ2) is 8.30. The van der Waals surface area contributed by atoms with Gasteiger partial charge in [0.2, 0.25) is 0 Å².